The molecule has 0 aliphatic carbocycles. The number of hydrogen-bond donors (Lipinski definition) is 0. The van der Waals surface area contributed by atoms with Crippen molar-refractivity contribution in [2.45, 2.75) is 26.7 Å². The van der Waals surface area contributed by atoms with Crippen LogP contribution in [0.4, 0.5) is 0 Å². The molecule has 1 aliphatic heterocycles. The van der Waals surface area contributed by atoms with Crippen LogP contribution in [0, 0.1) is 5.92 Å². The molecule has 15 heavy (non-hydrogen) atoms. The van der Waals surface area contributed by atoms with Gasteiger partial charge in [0.15, 0.2) is 0 Å². The van der Waals surface area contributed by atoms with Gasteiger partial charge in [-0.3, -0.25) is 0 Å². The summed E-state index contributed by atoms with van der Waals surface area (Å²) < 4.78 is 2.22. The van der Waals surface area contributed by atoms with Crippen LogP contribution in [0.15, 0.2) is 23.4 Å². The van der Waals surface area contributed by atoms with Gasteiger partial charge in [-0.1, -0.05) is 0 Å². The van der Waals surface area contributed by atoms with E-state index in [1.165, 1.54) is 30.5 Å². The van der Waals surface area contributed by atoms with E-state index < -0.39 is 0 Å². The van der Waals surface area contributed by atoms with E-state index in [-0.39, 0.29) is 5.91 Å². The molecule has 0 fully saturated rings. The van der Waals surface area contributed by atoms with Gasteiger partial charge in [0.1, 0.15) is 0 Å². The summed E-state index contributed by atoms with van der Waals surface area (Å²) in [5.74, 6) is 0.774. The molecule has 1 heterocycles. The van der Waals surface area contributed by atoms with Crippen molar-refractivity contribution in [3.63, 3.8) is 0 Å². The topological polar surface area (TPSA) is 20.3 Å². The van der Waals surface area contributed by atoms with Crippen molar-refractivity contribution in [3.05, 3.63) is 23.4 Å². The molecule has 0 saturated heterocycles. The van der Waals surface area contributed by atoms with Gasteiger partial charge >= 0.3 is 102 Å². The zero-order valence-electron chi connectivity index (χ0n) is 9.49. The van der Waals surface area contributed by atoms with Crippen LogP contribution >= 0.6 is 0 Å². The second-order valence-corrected chi connectivity index (χ2v) is 4.97. The Morgan fingerprint density at radius 1 is 1.53 bits per heavy atom. The Labute approximate surface area is 102 Å². The summed E-state index contributed by atoms with van der Waals surface area (Å²) in [5.41, 5.74) is 2.64. The normalized spacial score (nSPS) is 18.1. The number of amides is 1. The molecule has 0 bridgehead atoms. The molecule has 0 aromatic rings. The SMILES string of the molecule is CC(C)C([CH]=[W])=CC1=CN(C)C(=O)CC1. The monoisotopic (exact) mass is 375 g/mol. The maximum atomic E-state index is 11.3. The maximum absolute atomic E-state index is 11.3. The van der Waals surface area contributed by atoms with Gasteiger partial charge in [0.2, 0.25) is 0 Å². The molecule has 1 rings (SSSR count). The van der Waals surface area contributed by atoms with Crippen molar-refractivity contribution < 1.29 is 24.1 Å². The van der Waals surface area contributed by atoms with E-state index in [4.69, 9.17) is 0 Å². The molecule has 1 aliphatic rings. The summed E-state index contributed by atoms with van der Waals surface area (Å²) in [7, 11) is 1.82. The first kappa shape index (κ1) is 12.6. The van der Waals surface area contributed by atoms with E-state index in [1.807, 2.05) is 13.2 Å². The zero-order valence-corrected chi connectivity index (χ0v) is 12.4. The first-order valence-corrected chi connectivity index (χ1v) is 6.87. The number of nitrogens with zero attached hydrogens (tertiary/aromatic N) is 1. The van der Waals surface area contributed by atoms with Gasteiger partial charge < -0.3 is 0 Å². The molecule has 1 amide bonds. The van der Waals surface area contributed by atoms with Crippen LogP contribution in [-0.4, -0.2) is 22.3 Å². The fourth-order valence-electron chi connectivity index (χ4n) is 1.47. The molecule has 0 N–H and O–H groups in total. The third-order valence-electron chi connectivity index (χ3n) is 2.54. The Balaban J connectivity index is 2.86. The van der Waals surface area contributed by atoms with Crippen LogP contribution in [0.1, 0.15) is 26.7 Å². The number of carbonyl (C=O) groups is 1. The standard InChI is InChI=1S/C12H17NO.W/c1-9(2)10(3)7-11-5-6-12(14)13(4)8-11;/h3,7-9H,5-6H2,1-2,4H3;. The fraction of sp³-hybridized carbons (Fsp3) is 0.500. The Bertz CT molecular complexity index is 329. The molecular weight excluding hydrogens is 358 g/mol. The fourth-order valence-corrected chi connectivity index (χ4v) is 2.70. The Morgan fingerprint density at radius 3 is 2.67 bits per heavy atom. The summed E-state index contributed by atoms with van der Waals surface area (Å²) in [6, 6.07) is 0. The van der Waals surface area contributed by atoms with Gasteiger partial charge in [-0.15, -0.1) is 0 Å². The average molecular weight is 375 g/mol. The predicted molar refractivity (Wildman–Crippen MR) is 59.1 cm³/mol. The molecule has 3 heteroatoms. The van der Waals surface area contributed by atoms with Crippen molar-refractivity contribution in [2.24, 2.45) is 5.92 Å². The minimum atomic E-state index is 0.212. The van der Waals surface area contributed by atoms with Gasteiger partial charge in [-0.2, -0.15) is 0 Å². The van der Waals surface area contributed by atoms with E-state index >= 15 is 0 Å². The summed E-state index contributed by atoms with van der Waals surface area (Å²) in [6.07, 6.45) is 5.69. The van der Waals surface area contributed by atoms with Crippen molar-refractivity contribution in [1.29, 1.82) is 0 Å². The van der Waals surface area contributed by atoms with Crippen molar-refractivity contribution >= 4 is 10.3 Å². The van der Waals surface area contributed by atoms with Gasteiger partial charge in [-0.25, -0.2) is 0 Å². The Morgan fingerprint density at radius 2 is 2.20 bits per heavy atom. The van der Waals surface area contributed by atoms with Crippen molar-refractivity contribution in [3.8, 4) is 0 Å². The molecule has 0 aromatic heterocycles. The molecule has 0 radical (unpaired) electrons. The third-order valence-corrected chi connectivity index (χ3v) is 3.51. The number of allylic oxidation sites excluding steroid dienone is 3. The predicted octanol–water partition coefficient (Wildman–Crippen LogP) is 2.05. The van der Waals surface area contributed by atoms with Crippen LogP contribution in [0.2, 0.25) is 0 Å². The molecule has 0 saturated carbocycles. The van der Waals surface area contributed by atoms with E-state index in [2.05, 4.69) is 24.3 Å². The van der Waals surface area contributed by atoms with E-state index in [0.29, 0.717) is 12.3 Å². The van der Waals surface area contributed by atoms with Gasteiger partial charge in [0, 0.05) is 0 Å². The van der Waals surface area contributed by atoms with Crippen molar-refractivity contribution in [1.82, 2.24) is 4.90 Å². The second-order valence-electron chi connectivity index (χ2n) is 4.13. The number of carbonyl (C=O) groups excluding carboxylic acids is 1. The second kappa shape index (κ2) is 5.55. The Hall–Kier alpha value is -0.492. The zero-order chi connectivity index (χ0) is 11.4. The van der Waals surface area contributed by atoms with Crippen LogP contribution in [0.5, 0.6) is 0 Å². The summed E-state index contributed by atoms with van der Waals surface area (Å²) in [5, 5.41) is 0. The number of rotatable bonds is 3. The number of hydrogen-bond acceptors (Lipinski definition) is 1. The molecule has 0 unspecified atom stereocenters. The third kappa shape index (κ3) is 3.53. The Kier molecular flexibility index (Phi) is 4.66. The van der Waals surface area contributed by atoms with Gasteiger partial charge in [0.25, 0.3) is 0 Å². The average Bonchev–Trinajstić information content (AvgIpc) is 2.19. The quantitative estimate of drug-likeness (QED) is 0.740. The molecule has 0 spiro atoms. The summed E-state index contributed by atoms with van der Waals surface area (Å²) in [6.45, 7) is 4.40. The van der Waals surface area contributed by atoms with Crippen LogP contribution in [0.3, 0.4) is 0 Å². The van der Waals surface area contributed by atoms with Crippen LogP contribution in [-0.2, 0) is 24.1 Å². The summed E-state index contributed by atoms with van der Waals surface area (Å²) in [4.78, 5) is 13.0. The first-order valence-electron chi connectivity index (χ1n) is 5.17. The van der Waals surface area contributed by atoms with E-state index in [1.54, 1.807) is 4.90 Å². The van der Waals surface area contributed by atoms with Crippen LogP contribution < -0.4 is 0 Å². The van der Waals surface area contributed by atoms with E-state index in [9.17, 15) is 4.79 Å². The first-order chi connectivity index (χ1) is 7.04. The van der Waals surface area contributed by atoms with E-state index in [0.717, 1.165) is 6.42 Å². The molecule has 2 nitrogen and oxygen atoms in total. The molecule has 0 aromatic carbocycles. The molecular formula is C12H17NOW. The van der Waals surface area contributed by atoms with Gasteiger partial charge in [-0.05, 0) is 0 Å². The van der Waals surface area contributed by atoms with Crippen molar-refractivity contribution in [2.75, 3.05) is 7.05 Å². The summed E-state index contributed by atoms with van der Waals surface area (Å²) >= 11 is 1.48. The molecule has 0 atom stereocenters. The molecule has 82 valence electrons. The van der Waals surface area contributed by atoms with Crippen LogP contribution in [0.25, 0.3) is 0 Å². The van der Waals surface area contributed by atoms with Gasteiger partial charge in [0.05, 0.1) is 0 Å². The minimum absolute atomic E-state index is 0.212.